The number of ether oxygens (including phenoxy) is 1. The van der Waals surface area contributed by atoms with Crippen LogP contribution < -0.4 is 10.1 Å². The van der Waals surface area contributed by atoms with Gasteiger partial charge in [0.1, 0.15) is 11.6 Å². The van der Waals surface area contributed by atoms with Crippen molar-refractivity contribution >= 4 is 23.4 Å². The topological polar surface area (TPSA) is 69.0 Å². The van der Waals surface area contributed by atoms with Gasteiger partial charge in [0.15, 0.2) is 0 Å². The van der Waals surface area contributed by atoms with Crippen molar-refractivity contribution in [3.63, 3.8) is 0 Å². The Bertz CT molecular complexity index is 1010. The highest BCUT2D eigenvalue weighted by Crippen LogP contribution is 2.40. The fourth-order valence-corrected chi connectivity index (χ4v) is 3.84. The zero-order valence-corrected chi connectivity index (χ0v) is 17.6. The molecule has 1 aliphatic carbocycles. The number of nitrogens with zero attached hydrogens (tertiary/aromatic N) is 3. The van der Waals surface area contributed by atoms with Crippen molar-refractivity contribution in [3.8, 4) is 11.4 Å². The Hall–Kier alpha value is -2.80. The normalized spacial score (nSPS) is 14.4. The van der Waals surface area contributed by atoms with Gasteiger partial charge in [-0.25, -0.2) is 9.67 Å². The number of aryl methyl sites for hydroxylation is 1. The molecule has 150 valence electrons. The van der Waals surface area contributed by atoms with E-state index in [1.807, 2.05) is 67.1 Å². The number of methoxy groups -OCH3 is 1. The van der Waals surface area contributed by atoms with Gasteiger partial charge in [-0.2, -0.15) is 0 Å². The highest BCUT2D eigenvalue weighted by molar-refractivity contribution is 8.00. The first-order valence-electron chi connectivity index (χ1n) is 9.69. The highest BCUT2D eigenvalue weighted by atomic mass is 32.2. The van der Waals surface area contributed by atoms with E-state index >= 15 is 0 Å². The van der Waals surface area contributed by atoms with E-state index < -0.39 is 0 Å². The van der Waals surface area contributed by atoms with Crippen LogP contribution in [0, 0.1) is 6.92 Å². The number of nitrogens with one attached hydrogen (secondary N) is 1. The molecule has 0 aliphatic heterocycles. The number of thioether (sulfide) groups is 1. The van der Waals surface area contributed by atoms with Crippen molar-refractivity contribution in [2.75, 3.05) is 12.4 Å². The fourth-order valence-electron chi connectivity index (χ4n) is 3.08. The van der Waals surface area contributed by atoms with Crippen LogP contribution in [0.25, 0.3) is 5.69 Å². The highest BCUT2D eigenvalue weighted by Gasteiger charge is 2.31. The first-order chi connectivity index (χ1) is 14.0. The summed E-state index contributed by atoms with van der Waals surface area (Å²) >= 11 is 1.37. The van der Waals surface area contributed by atoms with Gasteiger partial charge in [-0.15, -0.1) is 5.10 Å². The number of carbonyl (C=O) groups is 1. The maximum absolute atomic E-state index is 12.8. The van der Waals surface area contributed by atoms with E-state index in [2.05, 4.69) is 10.4 Å². The van der Waals surface area contributed by atoms with E-state index in [0.29, 0.717) is 22.5 Å². The molecule has 4 rings (SSSR count). The van der Waals surface area contributed by atoms with Gasteiger partial charge >= 0.3 is 0 Å². The molecule has 1 aromatic heterocycles. The van der Waals surface area contributed by atoms with E-state index in [1.165, 1.54) is 11.8 Å². The number of anilines is 1. The van der Waals surface area contributed by atoms with Gasteiger partial charge in [0.2, 0.25) is 11.1 Å². The van der Waals surface area contributed by atoms with Crippen molar-refractivity contribution in [1.29, 1.82) is 0 Å². The molecular formula is C22H24N4O2S. The Morgan fingerprint density at radius 2 is 2.00 bits per heavy atom. The Balaban J connectivity index is 1.50. The summed E-state index contributed by atoms with van der Waals surface area (Å²) < 4.78 is 7.26. The minimum atomic E-state index is -0.348. The third-order valence-corrected chi connectivity index (χ3v) is 5.77. The lowest BCUT2D eigenvalue weighted by atomic mass is 10.2. The lowest BCUT2D eigenvalue weighted by Crippen LogP contribution is -2.23. The maximum atomic E-state index is 12.8. The molecule has 1 atom stereocenters. The first-order valence-corrected chi connectivity index (χ1v) is 10.6. The third kappa shape index (κ3) is 4.45. The molecule has 1 aliphatic rings. The van der Waals surface area contributed by atoms with Crippen LogP contribution in [0.4, 0.5) is 5.69 Å². The average Bonchev–Trinajstić information content (AvgIpc) is 3.49. The second kappa shape index (κ2) is 8.29. The molecule has 0 unspecified atom stereocenters. The lowest BCUT2D eigenvalue weighted by molar-refractivity contribution is -0.115. The van der Waals surface area contributed by atoms with Crippen LogP contribution in [0.15, 0.2) is 53.7 Å². The number of amides is 1. The van der Waals surface area contributed by atoms with Crippen molar-refractivity contribution in [1.82, 2.24) is 14.8 Å². The molecule has 0 spiro atoms. The predicted molar refractivity (Wildman–Crippen MR) is 115 cm³/mol. The van der Waals surface area contributed by atoms with Gasteiger partial charge in [-0.3, -0.25) is 4.79 Å². The molecule has 3 aromatic rings. The largest absolute Gasteiger partial charge is 0.495 e. The molecule has 1 heterocycles. The average molecular weight is 409 g/mol. The summed E-state index contributed by atoms with van der Waals surface area (Å²) in [7, 11) is 1.60. The molecule has 1 fully saturated rings. The SMILES string of the molecule is COc1ccc(C)cc1NC(=O)[C@@H](C)Sc1nc(C2CC2)n(-c2ccccc2)n1. The Morgan fingerprint density at radius 3 is 2.69 bits per heavy atom. The lowest BCUT2D eigenvalue weighted by Gasteiger charge is -2.13. The zero-order chi connectivity index (χ0) is 20.4. The molecule has 2 aromatic carbocycles. The van der Waals surface area contributed by atoms with Gasteiger partial charge in [0.25, 0.3) is 0 Å². The van der Waals surface area contributed by atoms with E-state index in [4.69, 9.17) is 9.72 Å². The quantitative estimate of drug-likeness (QED) is 0.580. The second-order valence-corrected chi connectivity index (χ2v) is 8.54. The number of aromatic nitrogens is 3. The molecule has 0 saturated heterocycles. The van der Waals surface area contributed by atoms with Crippen LogP contribution in [0.5, 0.6) is 5.75 Å². The maximum Gasteiger partial charge on any atom is 0.237 e. The van der Waals surface area contributed by atoms with Crippen molar-refractivity contribution in [2.45, 2.75) is 43.0 Å². The fraction of sp³-hybridized carbons (Fsp3) is 0.318. The number of hydrogen-bond acceptors (Lipinski definition) is 5. The van der Waals surface area contributed by atoms with E-state index in [0.717, 1.165) is 29.9 Å². The van der Waals surface area contributed by atoms with Gasteiger partial charge in [-0.05, 0) is 56.5 Å². The minimum absolute atomic E-state index is 0.108. The summed E-state index contributed by atoms with van der Waals surface area (Å²) in [4.78, 5) is 17.5. The minimum Gasteiger partial charge on any atom is -0.495 e. The zero-order valence-electron chi connectivity index (χ0n) is 16.8. The van der Waals surface area contributed by atoms with Gasteiger partial charge in [-0.1, -0.05) is 36.0 Å². The molecule has 0 radical (unpaired) electrons. The second-order valence-electron chi connectivity index (χ2n) is 7.23. The third-order valence-electron chi connectivity index (χ3n) is 4.82. The molecule has 1 N–H and O–H groups in total. The summed E-state index contributed by atoms with van der Waals surface area (Å²) in [5, 5.41) is 7.92. The Morgan fingerprint density at radius 1 is 1.24 bits per heavy atom. The number of benzene rings is 2. The van der Waals surface area contributed by atoms with E-state index in [1.54, 1.807) is 7.11 Å². The number of hydrogen-bond donors (Lipinski definition) is 1. The Labute approximate surface area is 174 Å². The summed E-state index contributed by atoms with van der Waals surface area (Å²) in [5.41, 5.74) is 2.72. The summed E-state index contributed by atoms with van der Waals surface area (Å²) in [6, 6.07) is 15.7. The summed E-state index contributed by atoms with van der Waals surface area (Å²) in [6.07, 6.45) is 2.28. The van der Waals surface area contributed by atoms with E-state index in [-0.39, 0.29) is 11.2 Å². The van der Waals surface area contributed by atoms with Crippen LogP contribution in [0.3, 0.4) is 0 Å². The van der Waals surface area contributed by atoms with Gasteiger partial charge in [0.05, 0.1) is 23.7 Å². The summed E-state index contributed by atoms with van der Waals surface area (Å²) in [6.45, 7) is 3.84. The van der Waals surface area contributed by atoms with Crippen molar-refractivity contribution < 1.29 is 9.53 Å². The molecule has 7 heteroatoms. The van der Waals surface area contributed by atoms with Gasteiger partial charge < -0.3 is 10.1 Å². The van der Waals surface area contributed by atoms with E-state index in [9.17, 15) is 4.79 Å². The number of rotatable bonds is 7. The monoisotopic (exact) mass is 408 g/mol. The van der Waals surface area contributed by atoms with Crippen LogP contribution in [0.2, 0.25) is 0 Å². The molecule has 1 saturated carbocycles. The first kappa shape index (κ1) is 19.5. The van der Waals surface area contributed by atoms with Crippen LogP contribution in [-0.2, 0) is 4.79 Å². The van der Waals surface area contributed by atoms with Crippen molar-refractivity contribution in [3.05, 3.63) is 59.9 Å². The van der Waals surface area contributed by atoms with Gasteiger partial charge in [0, 0.05) is 5.92 Å². The smallest absolute Gasteiger partial charge is 0.237 e. The van der Waals surface area contributed by atoms with Crippen LogP contribution in [-0.4, -0.2) is 33.0 Å². The molecular weight excluding hydrogens is 384 g/mol. The van der Waals surface area contributed by atoms with Crippen LogP contribution >= 0.6 is 11.8 Å². The predicted octanol–water partition coefficient (Wildman–Crippen LogP) is 4.58. The number of carbonyl (C=O) groups excluding carboxylic acids is 1. The van der Waals surface area contributed by atoms with Crippen molar-refractivity contribution in [2.24, 2.45) is 0 Å². The standard InChI is InChI=1S/C22H24N4O2S/c1-14-9-12-19(28-3)18(13-14)23-21(27)15(2)29-22-24-20(16-10-11-16)26(25-22)17-7-5-4-6-8-17/h4-9,12-13,15-16H,10-11H2,1-3H3,(H,23,27)/t15-/m1/s1. The number of para-hydroxylation sites is 1. The van der Waals surface area contributed by atoms with Crippen LogP contribution in [0.1, 0.15) is 37.1 Å². The molecule has 1 amide bonds. The summed E-state index contributed by atoms with van der Waals surface area (Å²) in [5.74, 6) is 1.97. The molecule has 0 bridgehead atoms. The molecule has 29 heavy (non-hydrogen) atoms. The molecule has 6 nitrogen and oxygen atoms in total. The Kier molecular flexibility index (Phi) is 5.58.